The molecule has 0 aromatic carbocycles. The summed E-state index contributed by atoms with van der Waals surface area (Å²) in [7, 11) is 1.63. The Morgan fingerprint density at radius 1 is 1.60 bits per heavy atom. The summed E-state index contributed by atoms with van der Waals surface area (Å²) < 4.78 is 5.09. The maximum Gasteiger partial charge on any atom is 0.227 e. The fourth-order valence-corrected chi connectivity index (χ4v) is 2.98. The summed E-state index contributed by atoms with van der Waals surface area (Å²) in [6.45, 7) is 2.17. The Morgan fingerprint density at radius 3 is 3.05 bits per heavy atom. The maximum atomic E-state index is 12.6. The molecule has 110 valence electrons. The number of nitrogens with zero attached hydrogens (tertiary/aromatic N) is 1. The highest BCUT2D eigenvalue weighted by atomic mass is 32.1. The number of nitrogens with one attached hydrogen (secondary N) is 1. The molecule has 0 bridgehead atoms. The molecular weight excluding hydrogens is 276 g/mol. The number of amides is 2. The monoisotopic (exact) mass is 296 g/mol. The van der Waals surface area contributed by atoms with Crippen molar-refractivity contribution in [3.8, 4) is 0 Å². The number of ether oxygens (including phenoxy) is 1. The minimum absolute atomic E-state index is 0.0377. The zero-order chi connectivity index (χ0) is 14.4. The van der Waals surface area contributed by atoms with Crippen LogP contribution in [0.15, 0.2) is 17.5 Å². The summed E-state index contributed by atoms with van der Waals surface area (Å²) >= 11 is 1.64. The zero-order valence-corrected chi connectivity index (χ0v) is 12.4. The smallest absolute Gasteiger partial charge is 0.227 e. The van der Waals surface area contributed by atoms with Crippen LogP contribution in [0.4, 0.5) is 0 Å². The van der Waals surface area contributed by atoms with E-state index >= 15 is 0 Å². The topological polar surface area (TPSA) is 58.6 Å². The number of thiophene rings is 1. The van der Waals surface area contributed by atoms with Crippen molar-refractivity contribution >= 4 is 23.2 Å². The SMILES string of the molecule is COCCN(Cc1cccs1)C(=O)C1CCC(=O)NC1. The van der Waals surface area contributed by atoms with Crippen LogP contribution in [-0.2, 0) is 20.9 Å². The molecule has 1 atom stereocenters. The molecule has 1 N–H and O–H groups in total. The maximum absolute atomic E-state index is 12.6. The molecule has 2 rings (SSSR count). The molecule has 1 unspecified atom stereocenters. The van der Waals surface area contributed by atoms with Gasteiger partial charge >= 0.3 is 0 Å². The molecule has 2 heterocycles. The van der Waals surface area contributed by atoms with Crippen molar-refractivity contribution in [3.05, 3.63) is 22.4 Å². The number of piperidine rings is 1. The number of carbonyl (C=O) groups is 2. The summed E-state index contributed by atoms with van der Waals surface area (Å²) in [5.74, 6) is 0.0377. The van der Waals surface area contributed by atoms with Crippen LogP contribution in [0.1, 0.15) is 17.7 Å². The standard InChI is InChI=1S/C14H20N2O3S/c1-19-7-6-16(10-12-3-2-8-20-12)14(18)11-4-5-13(17)15-9-11/h2-3,8,11H,4-7,9-10H2,1H3,(H,15,17). The first-order valence-electron chi connectivity index (χ1n) is 6.77. The van der Waals surface area contributed by atoms with Gasteiger partial charge in [-0.15, -0.1) is 11.3 Å². The summed E-state index contributed by atoms with van der Waals surface area (Å²) in [6.07, 6.45) is 1.08. The number of methoxy groups -OCH3 is 1. The van der Waals surface area contributed by atoms with E-state index in [1.807, 2.05) is 22.4 Å². The predicted molar refractivity (Wildman–Crippen MR) is 77.3 cm³/mol. The molecule has 1 aliphatic heterocycles. The van der Waals surface area contributed by atoms with Crippen molar-refractivity contribution in [2.24, 2.45) is 5.92 Å². The van der Waals surface area contributed by atoms with Crippen LogP contribution in [0.5, 0.6) is 0 Å². The highest BCUT2D eigenvalue weighted by molar-refractivity contribution is 7.09. The van der Waals surface area contributed by atoms with Crippen LogP contribution in [0.25, 0.3) is 0 Å². The van der Waals surface area contributed by atoms with Crippen LogP contribution in [0.2, 0.25) is 0 Å². The lowest BCUT2D eigenvalue weighted by Crippen LogP contribution is -2.45. The molecule has 2 amide bonds. The number of rotatable bonds is 6. The molecule has 1 aromatic heterocycles. The fraction of sp³-hybridized carbons (Fsp3) is 0.571. The molecule has 0 radical (unpaired) electrons. The van der Waals surface area contributed by atoms with E-state index in [1.54, 1.807) is 18.4 Å². The van der Waals surface area contributed by atoms with E-state index in [0.717, 1.165) is 4.88 Å². The number of hydrogen-bond donors (Lipinski definition) is 1. The molecule has 6 heteroatoms. The van der Waals surface area contributed by atoms with Crippen molar-refractivity contribution in [3.63, 3.8) is 0 Å². The van der Waals surface area contributed by atoms with E-state index in [1.165, 1.54) is 0 Å². The summed E-state index contributed by atoms with van der Waals surface area (Å²) in [6, 6.07) is 4.01. The Balaban J connectivity index is 1.97. The Kier molecular flexibility index (Phi) is 5.55. The fourth-order valence-electron chi connectivity index (χ4n) is 2.26. The van der Waals surface area contributed by atoms with Crippen molar-refractivity contribution in [1.29, 1.82) is 0 Å². The highest BCUT2D eigenvalue weighted by Crippen LogP contribution is 2.18. The lowest BCUT2D eigenvalue weighted by molar-refractivity contribution is -0.138. The molecule has 1 saturated heterocycles. The molecule has 20 heavy (non-hydrogen) atoms. The summed E-state index contributed by atoms with van der Waals surface area (Å²) in [5, 5.41) is 4.78. The average Bonchev–Trinajstić information content (AvgIpc) is 2.96. The first-order chi connectivity index (χ1) is 9.70. The lowest BCUT2D eigenvalue weighted by Gasteiger charge is -2.29. The molecule has 5 nitrogen and oxygen atoms in total. The highest BCUT2D eigenvalue weighted by Gasteiger charge is 2.28. The van der Waals surface area contributed by atoms with Crippen LogP contribution in [0, 0.1) is 5.92 Å². The van der Waals surface area contributed by atoms with Crippen LogP contribution in [-0.4, -0.2) is 43.5 Å². The Labute approximate surface area is 122 Å². The summed E-state index contributed by atoms with van der Waals surface area (Å²) in [4.78, 5) is 26.7. The van der Waals surface area contributed by atoms with E-state index in [0.29, 0.717) is 39.1 Å². The van der Waals surface area contributed by atoms with Crippen LogP contribution < -0.4 is 5.32 Å². The molecular formula is C14H20N2O3S. The number of carbonyl (C=O) groups excluding carboxylic acids is 2. The second-order valence-electron chi connectivity index (χ2n) is 4.87. The summed E-state index contributed by atoms with van der Waals surface area (Å²) in [5.41, 5.74) is 0. The normalized spacial score (nSPS) is 18.6. The average molecular weight is 296 g/mol. The van der Waals surface area contributed by atoms with Gasteiger partial charge in [0, 0.05) is 31.5 Å². The van der Waals surface area contributed by atoms with Gasteiger partial charge in [-0.1, -0.05) is 6.07 Å². The van der Waals surface area contributed by atoms with Gasteiger partial charge in [-0.25, -0.2) is 0 Å². The predicted octanol–water partition coefficient (Wildman–Crippen LogP) is 1.25. The molecule has 0 spiro atoms. The Hall–Kier alpha value is -1.40. The van der Waals surface area contributed by atoms with Crippen molar-refractivity contribution in [2.45, 2.75) is 19.4 Å². The van der Waals surface area contributed by atoms with E-state index < -0.39 is 0 Å². The minimum Gasteiger partial charge on any atom is -0.383 e. The molecule has 1 fully saturated rings. The first-order valence-corrected chi connectivity index (χ1v) is 7.65. The second kappa shape index (κ2) is 7.40. The first kappa shape index (κ1) is 15.0. The van der Waals surface area contributed by atoms with Gasteiger partial charge < -0.3 is 15.0 Å². The van der Waals surface area contributed by atoms with Crippen molar-refractivity contribution in [2.75, 3.05) is 26.8 Å². The molecule has 1 aromatic rings. The van der Waals surface area contributed by atoms with E-state index in [-0.39, 0.29) is 17.7 Å². The van der Waals surface area contributed by atoms with Gasteiger partial charge in [-0.2, -0.15) is 0 Å². The molecule has 0 saturated carbocycles. The Morgan fingerprint density at radius 2 is 2.45 bits per heavy atom. The van der Waals surface area contributed by atoms with Gasteiger partial charge in [0.15, 0.2) is 0 Å². The van der Waals surface area contributed by atoms with Crippen LogP contribution in [0.3, 0.4) is 0 Å². The third-order valence-electron chi connectivity index (χ3n) is 3.42. The quantitative estimate of drug-likeness (QED) is 0.859. The molecule has 1 aliphatic rings. The molecule has 0 aliphatic carbocycles. The third-order valence-corrected chi connectivity index (χ3v) is 4.28. The van der Waals surface area contributed by atoms with E-state index in [2.05, 4.69) is 5.32 Å². The van der Waals surface area contributed by atoms with Gasteiger partial charge in [0.1, 0.15) is 0 Å². The van der Waals surface area contributed by atoms with E-state index in [4.69, 9.17) is 4.74 Å². The van der Waals surface area contributed by atoms with Gasteiger partial charge in [-0.05, 0) is 17.9 Å². The Bertz CT molecular complexity index is 437. The van der Waals surface area contributed by atoms with Gasteiger partial charge in [0.2, 0.25) is 11.8 Å². The van der Waals surface area contributed by atoms with E-state index in [9.17, 15) is 9.59 Å². The largest absolute Gasteiger partial charge is 0.383 e. The third kappa shape index (κ3) is 4.05. The van der Waals surface area contributed by atoms with Crippen molar-refractivity contribution < 1.29 is 14.3 Å². The zero-order valence-electron chi connectivity index (χ0n) is 11.6. The number of hydrogen-bond acceptors (Lipinski definition) is 4. The van der Waals surface area contributed by atoms with Gasteiger partial charge in [0.25, 0.3) is 0 Å². The van der Waals surface area contributed by atoms with Crippen LogP contribution >= 0.6 is 11.3 Å². The minimum atomic E-state index is -0.107. The lowest BCUT2D eigenvalue weighted by atomic mass is 9.97. The van der Waals surface area contributed by atoms with Crippen molar-refractivity contribution in [1.82, 2.24) is 10.2 Å². The van der Waals surface area contributed by atoms with Gasteiger partial charge in [0.05, 0.1) is 19.1 Å². The van der Waals surface area contributed by atoms with Gasteiger partial charge in [-0.3, -0.25) is 9.59 Å². The second-order valence-corrected chi connectivity index (χ2v) is 5.90.